The van der Waals surface area contributed by atoms with Crippen molar-refractivity contribution in [3.8, 4) is 22.5 Å². The van der Waals surface area contributed by atoms with Crippen LogP contribution in [0.2, 0.25) is 0 Å². The van der Waals surface area contributed by atoms with Gasteiger partial charge in [0.05, 0.1) is 18.1 Å². The molecule has 4 rings (SSSR count). The zero-order valence-electron chi connectivity index (χ0n) is 15.3. The van der Waals surface area contributed by atoms with Crippen molar-refractivity contribution in [1.29, 1.82) is 0 Å². The van der Waals surface area contributed by atoms with Gasteiger partial charge in [-0.05, 0) is 22.9 Å². The Morgan fingerprint density at radius 1 is 1.13 bits per heavy atom. The van der Waals surface area contributed by atoms with Gasteiger partial charge in [0, 0.05) is 23.6 Å². The fourth-order valence-corrected chi connectivity index (χ4v) is 4.09. The molecule has 3 aromatic rings. The van der Waals surface area contributed by atoms with E-state index in [9.17, 15) is 21.6 Å². The van der Waals surface area contributed by atoms with Crippen LogP contribution < -0.4 is 0 Å². The van der Waals surface area contributed by atoms with Crippen LogP contribution in [-0.2, 0) is 25.1 Å². The summed E-state index contributed by atoms with van der Waals surface area (Å²) in [5.41, 5.74) is 0.394. The maximum atomic E-state index is 13.6. The fourth-order valence-electron chi connectivity index (χ4n) is 3.20. The third-order valence-electron chi connectivity index (χ3n) is 4.47. The molecule has 9 nitrogen and oxygen atoms in total. The van der Waals surface area contributed by atoms with Crippen molar-refractivity contribution in [2.75, 3.05) is 19.5 Å². The Balaban J connectivity index is 1.85. The van der Waals surface area contributed by atoms with Crippen LogP contribution >= 0.6 is 0 Å². The van der Waals surface area contributed by atoms with Gasteiger partial charge in [0.25, 0.3) is 0 Å². The van der Waals surface area contributed by atoms with Crippen molar-refractivity contribution in [3.05, 3.63) is 42.2 Å². The average Bonchev–Trinajstić information content (AvgIpc) is 3.39. The van der Waals surface area contributed by atoms with E-state index in [1.165, 1.54) is 24.4 Å². The first-order valence-corrected chi connectivity index (χ1v) is 10.4. The lowest BCUT2D eigenvalue weighted by molar-refractivity contribution is -0.354. The number of nitrogens with one attached hydrogen (secondary N) is 1. The maximum Gasteiger partial charge on any atom is 0.449 e. The van der Waals surface area contributed by atoms with E-state index in [2.05, 4.69) is 25.6 Å². The third kappa shape index (κ3) is 3.34. The molecule has 0 saturated carbocycles. The summed E-state index contributed by atoms with van der Waals surface area (Å²) in [6.07, 6.45) is -2.62. The Labute approximate surface area is 168 Å². The van der Waals surface area contributed by atoms with Gasteiger partial charge in [-0.1, -0.05) is 18.2 Å². The van der Waals surface area contributed by atoms with Crippen molar-refractivity contribution in [2.24, 2.45) is 0 Å². The lowest BCUT2D eigenvalue weighted by Gasteiger charge is -2.28. The van der Waals surface area contributed by atoms with Crippen molar-refractivity contribution < 1.29 is 31.1 Å². The standard InChI is InChI=1S/C17H14F3N5O4S/c1-30(26,27)12-4-2-3-11(14(12)15-22-24-25-23-15)10-5-6-13(21-9-10)16(17(18,19)20)28-7-8-29-16/h2-6,9H,7-8H2,1H3,(H,22,23,24,25). The summed E-state index contributed by atoms with van der Waals surface area (Å²) < 4.78 is 75.0. The SMILES string of the molecule is CS(=O)(=O)c1cccc(-c2ccc(C3(C(F)(F)F)OCCO3)nc2)c1-c1nn[nH]n1. The molecule has 2 aromatic heterocycles. The van der Waals surface area contributed by atoms with E-state index in [1.807, 2.05) is 0 Å². The molecule has 0 unspecified atom stereocenters. The molecule has 0 spiro atoms. The number of hydrogen-bond acceptors (Lipinski definition) is 8. The summed E-state index contributed by atoms with van der Waals surface area (Å²) in [5, 5.41) is 13.4. The smallest absolute Gasteiger partial charge is 0.335 e. The first-order valence-electron chi connectivity index (χ1n) is 8.52. The second-order valence-electron chi connectivity index (χ2n) is 6.43. The highest BCUT2D eigenvalue weighted by atomic mass is 32.2. The number of nitrogens with zero attached hydrogens (tertiary/aromatic N) is 4. The van der Waals surface area contributed by atoms with Crippen LogP contribution in [0.25, 0.3) is 22.5 Å². The van der Waals surface area contributed by atoms with Crippen LogP contribution in [0.3, 0.4) is 0 Å². The molecule has 0 aliphatic carbocycles. The quantitative estimate of drug-likeness (QED) is 0.654. The first-order chi connectivity index (χ1) is 14.1. The number of aromatic amines is 1. The zero-order valence-corrected chi connectivity index (χ0v) is 16.2. The summed E-state index contributed by atoms with van der Waals surface area (Å²) in [6.45, 7) is -0.442. The normalized spacial score (nSPS) is 16.7. The number of sulfone groups is 1. The maximum absolute atomic E-state index is 13.6. The summed E-state index contributed by atoms with van der Waals surface area (Å²) in [4.78, 5) is 3.85. The van der Waals surface area contributed by atoms with Gasteiger partial charge in [0.2, 0.25) is 5.82 Å². The highest BCUT2D eigenvalue weighted by molar-refractivity contribution is 7.90. The van der Waals surface area contributed by atoms with Crippen LogP contribution in [0.4, 0.5) is 13.2 Å². The van der Waals surface area contributed by atoms with Crippen molar-refractivity contribution in [2.45, 2.75) is 16.9 Å². The van der Waals surface area contributed by atoms with Crippen LogP contribution in [0.5, 0.6) is 0 Å². The molecule has 1 aliphatic rings. The highest BCUT2D eigenvalue weighted by Crippen LogP contribution is 2.45. The number of ether oxygens (including phenoxy) is 2. The number of hydrogen-bond donors (Lipinski definition) is 1. The van der Waals surface area contributed by atoms with Gasteiger partial charge in [-0.15, -0.1) is 10.2 Å². The number of pyridine rings is 1. The van der Waals surface area contributed by atoms with E-state index in [0.717, 1.165) is 12.3 Å². The number of aromatic nitrogens is 5. The molecule has 0 atom stereocenters. The summed E-state index contributed by atoms with van der Waals surface area (Å²) in [5.74, 6) is -2.92. The molecule has 1 aliphatic heterocycles. The number of H-pyrrole nitrogens is 1. The molecule has 0 bridgehead atoms. The van der Waals surface area contributed by atoms with Gasteiger partial charge in [0.15, 0.2) is 9.84 Å². The second kappa shape index (κ2) is 7.11. The Morgan fingerprint density at radius 2 is 1.87 bits per heavy atom. The molecular weight excluding hydrogens is 427 g/mol. The molecule has 0 radical (unpaired) electrons. The Hall–Kier alpha value is -2.90. The molecular formula is C17H14F3N5O4S. The number of benzene rings is 1. The molecule has 0 amide bonds. The van der Waals surface area contributed by atoms with Gasteiger partial charge in [-0.25, -0.2) is 8.42 Å². The predicted octanol–water partition coefficient (Wildman–Crippen LogP) is 2.09. The van der Waals surface area contributed by atoms with Crippen LogP contribution in [-0.4, -0.2) is 59.7 Å². The highest BCUT2D eigenvalue weighted by Gasteiger charge is 2.62. The van der Waals surface area contributed by atoms with Crippen molar-refractivity contribution in [3.63, 3.8) is 0 Å². The number of halogens is 3. The number of rotatable bonds is 4. The predicted molar refractivity (Wildman–Crippen MR) is 95.6 cm³/mol. The van der Waals surface area contributed by atoms with E-state index in [1.54, 1.807) is 6.07 Å². The van der Waals surface area contributed by atoms with Crippen LogP contribution in [0.15, 0.2) is 41.4 Å². The Kier molecular flexibility index (Phi) is 4.83. The largest absolute Gasteiger partial charge is 0.449 e. The number of alkyl halides is 3. The zero-order chi connectivity index (χ0) is 21.6. The third-order valence-corrected chi connectivity index (χ3v) is 5.61. The second-order valence-corrected chi connectivity index (χ2v) is 8.41. The van der Waals surface area contributed by atoms with E-state index in [-0.39, 0.29) is 29.5 Å². The molecule has 13 heteroatoms. The molecule has 1 N–H and O–H groups in total. The number of tetrazole rings is 1. The van der Waals surface area contributed by atoms with E-state index in [0.29, 0.717) is 11.1 Å². The first kappa shape index (κ1) is 20.4. The minimum atomic E-state index is -4.83. The van der Waals surface area contributed by atoms with Crippen LogP contribution in [0, 0.1) is 0 Å². The minimum Gasteiger partial charge on any atom is -0.335 e. The lowest BCUT2D eigenvalue weighted by Crippen LogP contribution is -2.44. The molecule has 30 heavy (non-hydrogen) atoms. The molecule has 1 aromatic carbocycles. The monoisotopic (exact) mass is 441 g/mol. The van der Waals surface area contributed by atoms with Gasteiger partial charge in [-0.2, -0.15) is 18.4 Å². The topological polar surface area (TPSA) is 120 Å². The summed E-state index contributed by atoms with van der Waals surface area (Å²) >= 11 is 0. The minimum absolute atomic E-state index is 0.0179. The molecule has 1 saturated heterocycles. The van der Waals surface area contributed by atoms with Gasteiger partial charge >= 0.3 is 12.0 Å². The van der Waals surface area contributed by atoms with Gasteiger partial charge in [-0.3, -0.25) is 4.98 Å². The fraction of sp³-hybridized carbons (Fsp3) is 0.294. The van der Waals surface area contributed by atoms with Crippen LogP contribution in [0.1, 0.15) is 5.69 Å². The van der Waals surface area contributed by atoms with Crippen molar-refractivity contribution in [1.82, 2.24) is 25.6 Å². The Bertz CT molecular complexity index is 1160. The molecule has 1 fully saturated rings. The lowest BCUT2D eigenvalue weighted by atomic mass is 9.99. The molecule has 158 valence electrons. The Morgan fingerprint density at radius 3 is 2.40 bits per heavy atom. The summed E-state index contributed by atoms with van der Waals surface area (Å²) in [6, 6.07) is 6.96. The molecule has 3 heterocycles. The van der Waals surface area contributed by atoms with Gasteiger partial charge in [0.1, 0.15) is 5.69 Å². The van der Waals surface area contributed by atoms with E-state index >= 15 is 0 Å². The summed E-state index contributed by atoms with van der Waals surface area (Å²) in [7, 11) is -3.67. The van der Waals surface area contributed by atoms with E-state index in [4.69, 9.17) is 9.47 Å². The van der Waals surface area contributed by atoms with Crippen molar-refractivity contribution >= 4 is 9.84 Å². The van der Waals surface area contributed by atoms with E-state index < -0.39 is 27.5 Å². The van der Waals surface area contributed by atoms with Gasteiger partial charge < -0.3 is 9.47 Å². The average molecular weight is 441 g/mol.